The monoisotopic (exact) mass is 217 g/mol. The maximum absolute atomic E-state index is 10.5. The van der Waals surface area contributed by atoms with E-state index >= 15 is 0 Å². The van der Waals surface area contributed by atoms with Gasteiger partial charge in [0.2, 0.25) is 10.0 Å². The van der Waals surface area contributed by atoms with Gasteiger partial charge in [0, 0.05) is 10.4 Å². The van der Waals surface area contributed by atoms with E-state index in [0.29, 0.717) is 10.6 Å². The molecule has 1 aromatic rings. The molecule has 0 saturated carbocycles. The molecule has 0 aliphatic rings. The SMILES string of the molecule is NS(=O)(=O)C=Cc1cccc(Cl)c1. The number of rotatable bonds is 2. The van der Waals surface area contributed by atoms with Crippen molar-refractivity contribution in [2.24, 2.45) is 5.14 Å². The third-order valence-electron chi connectivity index (χ3n) is 1.30. The van der Waals surface area contributed by atoms with E-state index in [1.54, 1.807) is 24.3 Å². The van der Waals surface area contributed by atoms with Crippen molar-refractivity contribution in [3.63, 3.8) is 0 Å². The summed E-state index contributed by atoms with van der Waals surface area (Å²) in [6, 6.07) is 6.80. The molecule has 1 rings (SSSR count). The fourth-order valence-electron chi connectivity index (χ4n) is 0.784. The molecule has 0 spiro atoms. The molecule has 0 fully saturated rings. The van der Waals surface area contributed by atoms with Crippen LogP contribution in [0.1, 0.15) is 5.56 Å². The highest BCUT2D eigenvalue weighted by atomic mass is 35.5. The standard InChI is InChI=1S/C8H8ClNO2S/c9-8-3-1-2-7(6-8)4-5-13(10,11)12/h1-6H,(H2,10,11,12). The smallest absolute Gasteiger partial charge is 0.225 e. The van der Waals surface area contributed by atoms with E-state index < -0.39 is 10.0 Å². The second-order valence-corrected chi connectivity index (χ2v) is 4.33. The van der Waals surface area contributed by atoms with Crippen molar-refractivity contribution in [2.75, 3.05) is 0 Å². The van der Waals surface area contributed by atoms with E-state index in [1.165, 1.54) is 6.08 Å². The molecular weight excluding hydrogens is 210 g/mol. The predicted octanol–water partition coefficient (Wildman–Crippen LogP) is 1.60. The van der Waals surface area contributed by atoms with Crippen LogP contribution < -0.4 is 5.14 Å². The second-order valence-electron chi connectivity index (χ2n) is 2.45. The van der Waals surface area contributed by atoms with Crippen LogP contribution in [0.5, 0.6) is 0 Å². The predicted molar refractivity (Wildman–Crippen MR) is 53.6 cm³/mol. The highest BCUT2D eigenvalue weighted by molar-refractivity contribution is 7.92. The minimum absolute atomic E-state index is 0.552. The normalized spacial score (nSPS) is 12.2. The molecule has 0 unspecified atom stereocenters. The number of nitrogens with two attached hydrogens (primary N) is 1. The summed E-state index contributed by atoms with van der Waals surface area (Å²) in [4.78, 5) is 0. The van der Waals surface area contributed by atoms with Gasteiger partial charge in [0.15, 0.2) is 0 Å². The lowest BCUT2D eigenvalue weighted by Crippen LogP contribution is -2.06. The number of halogens is 1. The Kier molecular flexibility index (Phi) is 3.08. The lowest BCUT2D eigenvalue weighted by atomic mass is 10.2. The molecule has 0 aromatic heterocycles. The summed E-state index contributed by atoms with van der Waals surface area (Å²) in [6.45, 7) is 0. The second kappa shape index (κ2) is 3.91. The van der Waals surface area contributed by atoms with Gasteiger partial charge in [-0.3, -0.25) is 0 Å². The number of primary sulfonamides is 1. The van der Waals surface area contributed by atoms with Gasteiger partial charge in [-0.1, -0.05) is 23.7 Å². The Morgan fingerprint density at radius 1 is 1.38 bits per heavy atom. The third kappa shape index (κ3) is 4.07. The van der Waals surface area contributed by atoms with Crippen LogP contribution in [-0.2, 0) is 10.0 Å². The van der Waals surface area contributed by atoms with Gasteiger partial charge in [-0.05, 0) is 23.8 Å². The number of hydrogen-bond acceptors (Lipinski definition) is 2. The molecule has 0 saturated heterocycles. The highest BCUT2D eigenvalue weighted by Gasteiger charge is 1.94. The van der Waals surface area contributed by atoms with Crippen LogP contribution in [0.2, 0.25) is 5.02 Å². The molecule has 0 amide bonds. The van der Waals surface area contributed by atoms with Crippen molar-refractivity contribution in [3.05, 3.63) is 40.3 Å². The molecule has 0 atom stereocenters. The quantitative estimate of drug-likeness (QED) is 0.818. The Morgan fingerprint density at radius 2 is 2.08 bits per heavy atom. The Labute approximate surface area is 81.9 Å². The van der Waals surface area contributed by atoms with E-state index in [-0.39, 0.29) is 0 Å². The Balaban J connectivity index is 2.93. The van der Waals surface area contributed by atoms with E-state index in [1.807, 2.05) is 0 Å². The van der Waals surface area contributed by atoms with Crippen molar-refractivity contribution in [3.8, 4) is 0 Å². The zero-order chi connectivity index (χ0) is 9.90. The van der Waals surface area contributed by atoms with Gasteiger partial charge in [-0.25, -0.2) is 13.6 Å². The van der Waals surface area contributed by atoms with Crippen LogP contribution in [0.25, 0.3) is 6.08 Å². The summed E-state index contributed by atoms with van der Waals surface area (Å²) < 4.78 is 21.1. The van der Waals surface area contributed by atoms with Crippen molar-refractivity contribution < 1.29 is 8.42 Å². The summed E-state index contributed by atoms with van der Waals surface area (Å²) in [6.07, 6.45) is 1.39. The zero-order valence-electron chi connectivity index (χ0n) is 6.64. The number of benzene rings is 1. The molecule has 0 radical (unpaired) electrons. The van der Waals surface area contributed by atoms with E-state index in [9.17, 15) is 8.42 Å². The Bertz CT molecular complexity index is 426. The minimum atomic E-state index is -3.56. The topological polar surface area (TPSA) is 60.2 Å². The van der Waals surface area contributed by atoms with Crippen LogP contribution in [0.15, 0.2) is 29.7 Å². The van der Waals surface area contributed by atoms with Gasteiger partial charge in [0.1, 0.15) is 0 Å². The first-order valence-corrected chi connectivity index (χ1v) is 5.42. The van der Waals surface area contributed by atoms with E-state index in [0.717, 1.165) is 5.41 Å². The van der Waals surface area contributed by atoms with Crippen molar-refractivity contribution >= 4 is 27.7 Å². The fourth-order valence-corrected chi connectivity index (χ4v) is 1.33. The molecule has 3 nitrogen and oxygen atoms in total. The summed E-state index contributed by atoms with van der Waals surface area (Å²) >= 11 is 5.68. The zero-order valence-corrected chi connectivity index (χ0v) is 8.22. The summed E-state index contributed by atoms with van der Waals surface area (Å²) in [5, 5.41) is 6.26. The molecule has 2 N–H and O–H groups in total. The number of sulfonamides is 1. The van der Waals surface area contributed by atoms with Gasteiger partial charge in [-0.2, -0.15) is 0 Å². The van der Waals surface area contributed by atoms with Crippen LogP contribution in [-0.4, -0.2) is 8.42 Å². The van der Waals surface area contributed by atoms with Gasteiger partial charge in [0.05, 0.1) is 0 Å². The van der Waals surface area contributed by atoms with Gasteiger partial charge in [-0.15, -0.1) is 0 Å². The maximum Gasteiger partial charge on any atom is 0.231 e. The Morgan fingerprint density at radius 3 is 2.62 bits per heavy atom. The summed E-state index contributed by atoms with van der Waals surface area (Å²) in [5.74, 6) is 0. The molecular formula is C8H8ClNO2S. The lowest BCUT2D eigenvalue weighted by molar-refractivity contribution is 0.606. The van der Waals surface area contributed by atoms with Crippen molar-refractivity contribution in [1.82, 2.24) is 0 Å². The fraction of sp³-hybridized carbons (Fsp3) is 0. The first-order chi connectivity index (χ1) is 5.97. The first-order valence-electron chi connectivity index (χ1n) is 3.44. The average molecular weight is 218 g/mol. The van der Waals surface area contributed by atoms with Gasteiger partial charge < -0.3 is 0 Å². The molecule has 13 heavy (non-hydrogen) atoms. The van der Waals surface area contributed by atoms with Crippen LogP contribution in [0.3, 0.4) is 0 Å². The van der Waals surface area contributed by atoms with Crippen LogP contribution in [0.4, 0.5) is 0 Å². The molecule has 70 valence electrons. The number of hydrogen-bond donors (Lipinski definition) is 1. The summed E-state index contributed by atoms with van der Waals surface area (Å²) in [5.41, 5.74) is 0.696. The minimum Gasteiger partial charge on any atom is -0.225 e. The summed E-state index contributed by atoms with van der Waals surface area (Å²) in [7, 11) is -3.56. The molecule has 1 aromatic carbocycles. The molecule has 0 heterocycles. The van der Waals surface area contributed by atoms with Crippen molar-refractivity contribution in [1.29, 1.82) is 0 Å². The molecule has 0 aliphatic carbocycles. The third-order valence-corrected chi connectivity index (χ3v) is 2.05. The maximum atomic E-state index is 10.5. The van der Waals surface area contributed by atoms with Gasteiger partial charge >= 0.3 is 0 Å². The van der Waals surface area contributed by atoms with E-state index in [2.05, 4.69) is 0 Å². The molecule has 5 heteroatoms. The first kappa shape index (κ1) is 10.2. The average Bonchev–Trinajstić information content (AvgIpc) is 2.00. The highest BCUT2D eigenvalue weighted by Crippen LogP contribution is 2.11. The van der Waals surface area contributed by atoms with Crippen molar-refractivity contribution in [2.45, 2.75) is 0 Å². The molecule has 0 bridgehead atoms. The van der Waals surface area contributed by atoms with Gasteiger partial charge in [0.25, 0.3) is 0 Å². The lowest BCUT2D eigenvalue weighted by Gasteiger charge is -1.92. The van der Waals surface area contributed by atoms with E-state index in [4.69, 9.17) is 16.7 Å². The largest absolute Gasteiger partial charge is 0.231 e. The Hall–Kier alpha value is -0.840. The van der Waals surface area contributed by atoms with Crippen LogP contribution >= 0.6 is 11.6 Å². The molecule has 0 aliphatic heterocycles. The van der Waals surface area contributed by atoms with Crippen LogP contribution in [0, 0.1) is 0 Å².